The summed E-state index contributed by atoms with van der Waals surface area (Å²) < 4.78 is 5.64. The van der Waals surface area contributed by atoms with Crippen molar-refractivity contribution in [2.45, 2.75) is 13.5 Å². The Hall–Kier alpha value is -1.35. The van der Waals surface area contributed by atoms with Gasteiger partial charge in [-0.15, -0.1) is 0 Å². The fourth-order valence-electron chi connectivity index (χ4n) is 2.02. The van der Waals surface area contributed by atoms with Crippen LogP contribution in [0.4, 0.5) is 5.69 Å². The van der Waals surface area contributed by atoms with E-state index in [2.05, 4.69) is 11.9 Å². The lowest BCUT2D eigenvalue weighted by molar-refractivity contribution is 0.360. The van der Waals surface area contributed by atoms with E-state index in [9.17, 15) is 0 Å². The van der Waals surface area contributed by atoms with E-state index in [1.807, 2.05) is 31.2 Å². The third-order valence-electron chi connectivity index (χ3n) is 3.10. The summed E-state index contributed by atoms with van der Waals surface area (Å²) in [5.74, 6) is 0.609. The van der Waals surface area contributed by atoms with Crippen LogP contribution in [0, 0.1) is 6.92 Å². The molecule has 0 aliphatic heterocycles. The molecular weight excluding hydrogens is 341 g/mol. The van der Waals surface area contributed by atoms with Crippen molar-refractivity contribution >= 4 is 40.5 Å². The van der Waals surface area contributed by atoms with Crippen molar-refractivity contribution < 1.29 is 4.74 Å². The highest BCUT2D eigenvalue weighted by molar-refractivity contribution is 6.35. The topological polar surface area (TPSA) is 21.3 Å². The van der Waals surface area contributed by atoms with Crippen LogP contribution in [0.2, 0.25) is 15.1 Å². The summed E-state index contributed by atoms with van der Waals surface area (Å²) in [5, 5.41) is 5.06. The van der Waals surface area contributed by atoms with Crippen LogP contribution in [0.3, 0.4) is 0 Å². The number of anilines is 1. The smallest absolute Gasteiger partial charge is 0.143 e. The van der Waals surface area contributed by atoms with Gasteiger partial charge in [0, 0.05) is 27.8 Å². The van der Waals surface area contributed by atoms with E-state index in [1.165, 1.54) is 0 Å². The molecule has 22 heavy (non-hydrogen) atoms. The van der Waals surface area contributed by atoms with Gasteiger partial charge in [-0.3, -0.25) is 0 Å². The summed E-state index contributed by atoms with van der Waals surface area (Å²) >= 11 is 18.3. The van der Waals surface area contributed by atoms with Gasteiger partial charge in [-0.05, 0) is 36.8 Å². The minimum atomic E-state index is 0.380. The van der Waals surface area contributed by atoms with Crippen molar-refractivity contribution in [1.29, 1.82) is 0 Å². The lowest BCUT2D eigenvalue weighted by atomic mass is 10.1. The second kappa shape index (κ2) is 7.77. The Morgan fingerprint density at radius 3 is 2.64 bits per heavy atom. The average molecular weight is 357 g/mol. The number of aryl methyl sites for hydroxylation is 1. The number of benzene rings is 2. The Balaban J connectivity index is 2.24. The van der Waals surface area contributed by atoms with E-state index in [0.29, 0.717) is 34.0 Å². The zero-order valence-electron chi connectivity index (χ0n) is 12.1. The fourth-order valence-corrected chi connectivity index (χ4v) is 2.79. The van der Waals surface area contributed by atoms with Gasteiger partial charge in [0.05, 0.1) is 5.02 Å². The van der Waals surface area contributed by atoms with Crippen LogP contribution in [0.5, 0.6) is 5.75 Å². The second-order valence-corrected chi connectivity index (χ2v) is 6.07. The molecule has 0 aliphatic rings. The SMILES string of the molecule is C=CCOc1c(Cl)cc(Cl)cc1CNc1cc(Cl)ccc1C. The second-order valence-electron chi connectivity index (χ2n) is 4.79. The van der Waals surface area contributed by atoms with Crippen molar-refractivity contribution in [3.63, 3.8) is 0 Å². The van der Waals surface area contributed by atoms with Gasteiger partial charge in [0.25, 0.3) is 0 Å². The maximum atomic E-state index is 6.22. The summed E-state index contributed by atoms with van der Waals surface area (Å²) in [7, 11) is 0. The molecule has 5 heteroatoms. The summed E-state index contributed by atoms with van der Waals surface area (Å²) in [6.07, 6.45) is 1.67. The molecule has 0 unspecified atom stereocenters. The van der Waals surface area contributed by atoms with Crippen molar-refractivity contribution in [3.05, 3.63) is 69.2 Å². The van der Waals surface area contributed by atoms with E-state index >= 15 is 0 Å². The molecular formula is C17H16Cl3NO. The summed E-state index contributed by atoms with van der Waals surface area (Å²) in [6, 6.07) is 9.20. The van der Waals surface area contributed by atoms with E-state index in [4.69, 9.17) is 39.5 Å². The highest BCUT2D eigenvalue weighted by Crippen LogP contribution is 2.33. The molecule has 0 spiro atoms. The molecule has 0 bridgehead atoms. The Morgan fingerprint density at radius 2 is 1.91 bits per heavy atom. The van der Waals surface area contributed by atoms with Gasteiger partial charge in [0.1, 0.15) is 12.4 Å². The fraction of sp³-hybridized carbons (Fsp3) is 0.176. The zero-order valence-corrected chi connectivity index (χ0v) is 14.4. The first-order valence-electron chi connectivity index (χ1n) is 6.73. The van der Waals surface area contributed by atoms with Crippen LogP contribution in [0.15, 0.2) is 43.0 Å². The predicted molar refractivity (Wildman–Crippen MR) is 95.7 cm³/mol. The predicted octanol–water partition coefficient (Wildman–Crippen LogP) is 6.13. The van der Waals surface area contributed by atoms with E-state index in [-0.39, 0.29) is 0 Å². The van der Waals surface area contributed by atoms with Gasteiger partial charge in [0.15, 0.2) is 0 Å². The molecule has 116 valence electrons. The Labute approximate surface area is 145 Å². The molecule has 1 N–H and O–H groups in total. The molecule has 0 fully saturated rings. The Bertz CT molecular complexity index is 686. The Morgan fingerprint density at radius 1 is 1.14 bits per heavy atom. The lowest BCUT2D eigenvalue weighted by Crippen LogP contribution is -2.05. The van der Waals surface area contributed by atoms with Gasteiger partial charge < -0.3 is 10.1 Å². The average Bonchev–Trinajstić information content (AvgIpc) is 2.47. The van der Waals surface area contributed by atoms with E-state index in [0.717, 1.165) is 16.8 Å². The van der Waals surface area contributed by atoms with Crippen molar-refractivity contribution in [2.75, 3.05) is 11.9 Å². The molecule has 0 radical (unpaired) electrons. The highest BCUT2D eigenvalue weighted by atomic mass is 35.5. The van der Waals surface area contributed by atoms with Crippen LogP contribution >= 0.6 is 34.8 Å². The maximum Gasteiger partial charge on any atom is 0.143 e. The zero-order chi connectivity index (χ0) is 16.1. The number of hydrogen-bond acceptors (Lipinski definition) is 2. The first-order valence-corrected chi connectivity index (χ1v) is 7.86. The third-order valence-corrected chi connectivity index (χ3v) is 3.83. The molecule has 0 aliphatic carbocycles. The molecule has 2 rings (SSSR count). The number of nitrogens with one attached hydrogen (secondary N) is 1. The lowest BCUT2D eigenvalue weighted by Gasteiger charge is -2.15. The van der Waals surface area contributed by atoms with Crippen LogP contribution in [-0.2, 0) is 6.54 Å². The van der Waals surface area contributed by atoms with Crippen LogP contribution in [0.1, 0.15) is 11.1 Å². The largest absolute Gasteiger partial charge is 0.488 e. The molecule has 0 atom stereocenters. The number of rotatable bonds is 6. The number of hydrogen-bond donors (Lipinski definition) is 1. The Kier molecular flexibility index (Phi) is 6.01. The molecule has 2 nitrogen and oxygen atoms in total. The molecule has 0 aromatic heterocycles. The molecule has 2 aromatic carbocycles. The highest BCUT2D eigenvalue weighted by Gasteiger charge is 2.11. The molecule has 0 amide bonds. The molecule has 0 saturated carbocycles. The normalized spacial score (nSPS) is 10.4. The van der Waals surface area contributed by atoms with Gasteiger partial charge in [0.2, 0.25) is 0 Å². The van der Waals surface area contributed by atoms with Gasteiger partial charge in [-0.25, -0.2) is 0 Å². The van der Waals surface area contributed by atoms with Crippen LogP contribution < -0.4 is 10.1 Å². The number of halogens is 3. The van der Waals surface area contributed by atoms with Crippen LogP contribution in [0.25, 0.3) is 0 Å². The van der Waals surface area contributed by atoms with E-state index in [1.54, 1.807) is 12.1 Å². The van der Waals surface area contributed by atoms with Crippen molar-refractivity contribution in [1.82, 2.24) is 0 Å². The summed E-state index contributed by atoms with van der Waals surface area (Å²) in [5.41, 5.74) is 2.93. The quantitative estimate of drug-likeness (QED) is 0.628. The van der Waals surface area contributed by atoms with Gasteiger partial charge >= 0.3 is 0 Å². The summed E-state index contributed by atoms with van der Waals surface area (Å²) in [4.78, 5) is 0. The van der Waals surface area contributed by atoms with Gasteiger partial charge in [-0.1, -0.05) is 53.5 Å². The minimum absolute atomic E-state index is 0.380. The monoisotopic (exact) mass is 355 g/mol. The van der Waals surface area contributed by atoms with Crippen molar-refractivity contribution in [3.8, 4) is 5.75 Å². The van der Waals surface area contributed by atoms with Gasteiger partial charge in [-0.2, -0.15) is 0 Å². The van der Waals surface area contributed by atoms with E-state index < -0.39 is 0 Å². The van der Waals surface area contributed by atoms with Crippen LogP contribution in [-0.4, -0.2) is 6.61 Å². The first kappa shape index (κ1) is 17.0. The van der Waals surface area contributed by atoms with Crippen molar-refractivity contribution in [2.24, 2.45) is 0 Å². The maximum absolute atomic E-state index is 6.22. The summed E-state index contributed by atoms with van der Waals surface area (Å²) in [6.45, 7) is 6.56. The standard InChI is InChI=1S/C17H16Cl3NO/c1-3-6-22-17-12(7-14(19)8-15(17)20)10-21-16-9-13(18)5-4-11(16)2/h3-5,7-9,21H,1,6,10H2,2H3. The third kappa shape index (κ3) is 4.33. The molecule has 0 heterocycles. The number of ether oxygens (including phenoxy) is 1. The molecule has 0 saturated heterocycles. The first-order chi connectivity index (χ1) is 10.5. The molecule has 2 aromatic rings. The minimum Gasteiger partial charge on any atom is -0.488 e.